The Morgan fingerprint density at radius 1 is 1.30 bits per heavy atom. The molecule has 1 aromatic heterocycles. The van der Waals surface area contributed by atoms with Crippen molar-refractivity contribution in [2.24, 2.45) is 0 Å². The second-order valence-electron chi connectivity index (χ2n) is 4.61. The number of aromatic nitrogens is 1. The van der Waals surface area contributed by atoms with E-state index in [9.17, 15) is 5.11 Å². The van der Waals surface area contributed by atoms with E-state index in [4.69, 9.17) is 16.3 Å². The summed E-state index contributed by atoms with van der Waals surface area (Å²) in [4.78, 5) is 4.20. The molecule has 0 aliphatic rings. The van der Waals surface area contributed by atoms with Crippen molar-refractivity contribution in [3.63, 3.8) is 0 Å². The largest absolute Gasteiger partial charge is 0.508 e. The standard InChI is InChI=1S/C15H17ClN2O2/c1-10(2)20-15-13(6-4-8-17-15)18-9-11-12(16)5-3-7-14(11)19/h3-8,10,18-19H,9H2,1-2H3. The van der Waals surface area contributed by atoms with E-state index in [1.165, 1.54) is 0 Å². The first-order valence-corrected chi connectivity index (χ1v) is 6.77. The second-order valence-corrected chi connectivity index (χ2v) is 5.02. The zero-order valence-electron chi connectivity index (χ0n) is 11.4. The fraction of sp³-hybridized carbons (Fsp3) is 0.267. The molecule has 2 rings (SSSR count). The van der Waals surface area contributed by atoms with Gasteiger partial charge in [-0.25, -0.2) is 4.98 Å². The van der Waals surface area contributed by atoms with Gasteiger partial charge in [0.25, 0.3) is 0 Å². The summed E-state index contributed by atoms with van der Waals surface area (Å²) in [5.41, 5.74) is 1.41. The number of hydrogen-bond donors (Lipinski definition) is 2. The zero-order chi connectivity index (χ0) is 14.5. The number of aromatic hydroxyl groups is 1. The number of pyridine rings is 1. The Balaban J connectivity index is 2.15. The highest BCUT2D eigenvalue weighted by atomic mass is 35.5. The molecule has 20 heavy (non-hydrogen) atoms. The minimum atomic E-state index is 0.0409. The van der Waals surface area contributed by atoms with Crippen LogP contribution in [0.1, 0.15) is 19.4 Å². The van der Waals surface area contributed by atoms with Gasteiger partial charge in [-0.3, -0.25) is 0 Å². The van der Waals surface area contributed by atoms with E-state index in [-0.39, 0.29) is 11.9 Å². The van der Waals surface area contributed by atoms with Gasteiger partial charge in [0.1, 0.15) is 5.75 Å². The monoisotopic (exact) mass is 292 g/mol. The van der Waals surface area contributed by atoms with Gasteiger partial charge < -0.3 is 15.2 Å². The summed E-state index contributed by atoms with van der Waals surface area (Å²) in [5, 5.41) is 13.5. The molecule has 0 radical (unpaired) electrons. The number of nitrogens with zero attached hydrogens (tertiary/aromatic N) is 1. The molecule has 1 heterocycles. The van der Waals surface area contributed by atoms with Crippen LogP contribution in [0.5, 0.6) is 11.6 Å². The van der Waals surface area contributed by atoms with E-state index in [1.807, 2.05) is 26.0 Å². The van der Waals surface area contributed by atoms with Crippen molar-refractivity contribution in [1.82, 2.24) is 4.98 Å². The molecule has 5 heteroatoms. The lowest BCUT2D eigenvalue weighted by Crippen LogP contribution is -2.10. The van der Waals surface area contributed by atoms with Gasteiger partial charge in [0.15, 0.2) is 0 Å². The molecule has 2 N–H and O–H groups in total. The Labute approximate surface area is 123 Å². The molecule has 0 fully saturated rings. The molecular weight excluding hydrogens is 276 g/mol. The third kappa shape index (κ3) is 3.54. The lowest BCUT2D eigenvalue weighted by molar-refractivity contribution is 0.234. The third-order valence-corrected chi connectivity index (χ3v) is 3.02. The molecule has 0 spiro atoms. The van der Waals surface area contributed by atoms with Crippen molar-refractivity contribution in [3.05, 3.63) is 47.1 Å². The van der Waals surface area contributed by atoms with Crippen molar-refractivity contribution in [3.8, 4) is 11.6 Å². The number of halogens is 1. The van der Waals surface area contributed by atoms with Gasteiger partial charge in [-0.05, 0) is 38.1 Å². The number of phenols is 1. The summed E-state index contributed by atoms with van der Waals surface area (Å²) in [6, 6.07) is 8.75. The molecule has 4 nitrogen and oxygen atoms in total. The van der Waals surface area contributed by atoms with Crippen molar-refractivity contribution in [2.75, 3.05) is 5.32 Å². The van der Waals surface area contributed by atoms with Crippen LogP contribution in [0.3, 0.4) is 0 Å². The van der Waals surface area contributed by atoms with Crippen molar-refractivity contribution < 1.29 is 9.84 Å². The van der Waals surface area contributed by atoms with Gasteiger partial charge in [0, 0.05) is 23.3 Å². The van der Waals surface area contributed by atoms with E-state index in [1.54, 1.807) is 24.4 Å². The lowest BCUT2D eigenvalue weighted by atomic mass is 10.2. The van der Waals surface area contributed by atoms with Crippen LogP contribution in [-0.4, -0.2) is 16.2 Å². The van der Waals surface area contributed by atoms with Gasteiger partial charge in [0.05, 0.1) is 11.8 Å². The molecule has 0 aliphatic heterocycles. The van der Waals surface area contributed by atoms with Crippen LogP contribution in [0.15, 0.2) is 36.5 Å². The molecule has 2 aromatic rings. The minimum Gasteiger partial charge on any atom is -0.508 e. The maximum absolute atomic E-state index is 9.81. The number of benzene rings is 1. The normalized spacial score (nSPS) is 10.6. The van der Waals surface area contributed by atoms with Gasteiger partial charge in [-0.2, -0.15) is 0 Å². The van der Waals surface area contributed by atoms with Gasteiger partial charge in [0.2, 0.25) is 5.88 Å². The Kier molecular flexibility index (Phi) is 4.69. The first-order valence-electron chi connectivity index (χ1n) is 6.40. The Hall–Kier alpha value is -1.94. The maximum atomic E-state index is 9.81. The van der Waals surface area contributed by atoms with Crippen LogP contribution >= 0.6 is 11.6 Å². The van der Waals surface area contributed by atoms with E-state index < -0.39 is 0 Å². The van der Waals surface area contributed by atoms with Crippen molar-refractivity contribution in [2.45, 2.75) is 26.5 Å². The van der Waals surface area contributed by atoms with E-state index >= 15 is 0 Å². The number of phenolic OH excluding ortho intramolecular Hbond substituents is 1. The highest BCUT2D eigenvalue weighted by Gasteiger charge is 2.09. The lowest BCUT2D eigenvalue weighted by Gasteiger charge is -2.15. The molecule has 0 amide bonds. The zero-order valence-corrected chi connectivity index (χ0v) is 12.2. The number of anilines is 1. The van der Waals surface area contributed by atoms with Crippen LogP contribution in [-0.2, 0) is 6.54 Å². The quantitative estimate of drug-likeness (QED) is 0.879. The first kappa shape index (κ1) is 14.5. The van der Waals surface area contributed by atoms with Gasteiger partial charge in [-0.15, -0.1) is 0 Å². The summed E-state index contributed by atoms with van der Waals surface area (Å²) in [5.74, 6) is 0.703. The first-order chi connectivity index (χ1) is 9.58. The van der Waals surface area contributed by atoms with E-state index in [0.717, 1.165) is 5.69 Å². The highest BCUT2D eigenvalue weighted by Crippen LogP contribution is 2.28. The van der Waals surface area contributed by atoms with Crippen LogP contribution < -0.4 is 10.1 Å². The Bertz CT molecular complexity index is 568. The smallest absolute Gasteiger partial charge is 0.237 e. The maximum Gasteiger partial charge on any atom is 0.237 e. The molecule has 0 unspecified atom stereocenters. The average Bonchev–Trinajstić information content (AvgIpc) is 2.39. The van der Waals surface area contributed by atoms with Crippen LogP contribution in [0.4, 0.5) is 5.69 Å². The second kappa shape index (κ2) is 6.48. The minimum absolute atomic E-state index is 0.0409. The average molecular weight is 293 g/mol. The predicted molar refractivity (Wildman–Crippen MR) is 80.4 cm³/mol. The van der Waals surface area contributed by atoms with Gasteiger partial charge >= 0.3 is 0 Å². The highest BCUT2D eigenvalue weighted by molar-refractivity contribution is 6.31. The summed E-state index contributed by atoms with van der Waals surface area (Å²) < 4.78 is 5.63. The summed E-state index contributed by atoms with van der Waals surface area (Å²) in [6.45, 7) is 4.28. The van der Waals surface area contributed by atoms with E-state index in [2.05, 4.69) is 10.3 Å². The molecule has 0 saturated heterocycles. The number of hydrogen-bond acceptors (Lipinski definition) is 4. The third-order valence-electron chi connectivity index (χ3n) is 2.67. The summed E-state index contributed by atoms with van der Waals surface area (Å²) in [7, 11) is 0. The van der Waals surface area contributed by atoms with Crippen LogP contribution in [0.25, 0.3) is 0 Å². The summed E-state index contributed by atoms with van der Waals surface area (Å²) in [6.07, 6.45) is 1.72. The van der Waals surface area contributed by atoms with Crippen molar-refractivity contribution in [1.29, 1.82) is 0 Å². The number of rotatable bonds is 5. The molecule has 0 saturated carbocycles. The molecular formula is C15H17ClN2O2. The van der Waals surface area contributed by atoms with Crippen molar-refractivity contribution >= 4 is 17.3 Å². The SMILES string of the molecule is CC(C)Oc1ncccc1NCc1c(O)cccc1Cl. The molecule has 1 aromatic carbocycles. The fourth-order valence-electron chi connectivity index (χ4n) is 1.75. The van der Waals surface area contributed by atoms with Crippen LogP contribution in [0.2, 0.25) is 5.02 Å². The predicted octanol–water partition coefficient (Wildman–Crippen LogP) is 3.84. The van der Waals surface area contributed by atoms with E-state index in [0.29, 0.717) is 23.0 Å². The van der Waals surface area contributed by atoms with Gasteiger partial charge in [-0.1, -0.05) is 17.7 Å². The molecule has 106 valence electrons. The Morgan fingerprint density at radius 3 is 2.80 bits per heavy atom. The number of ether oxygens (including phenoxy) is 1. The molecule has 0 bridgehead atoms. The summed E-state index contributed by atoms with van der Waals surface area (Å²) >= 11 is 6.07. The topological polar surface area (TPSA) is 54.4 Å². The Morgan fingerprint density at radius 2 is 2.10 bits per heavy atom. The molecule has 0 aliphatic carbocycles. The molecule has 0 atom stereocenters. The van der Waals surface area contributed by atoms with Crippen LogP contribution in [0, 0.1) is 0 Å². The fourth-order valence-corrected chi connectivity index (χ4v) is 1.98. The number of nitrogens with one attached hydrogen (secondary N) is 1.